The molecule has 1 saturated heterocycles. The van der Waals surface area contributed by atoms with Crippen molar-refractivity contribution in [3.8, 4) is 0 Å². The van der Waals surface area contributed by atoms with Crippen LogP contribution >= 0.6 is 0 Å². The molecule has 0 unspecified atom stereocenters. The lowest BCUT2D eigenvalue weighted by atomic mass is 9.70. The third kappa shape index (κ3) is 4.95. The highest BCUT2D eigenvalue weighted by atomic mass is 19.1. The van der Waals surface area contributed by atoms with Crippen LogP contribution in [0.5, 0.6) is 0 Å². The Morgan fingerprint density at radius 2 is 1.72 bits per heavy atom. The first-order valence-electron chi connectivity index (χ1n) is 13.8. The van der Waals surface area contributed by atoms with Crippen molar-refractivity contribution in [2.24, 2.45) is 5.92 Å². The molecule has 2 heterocycles. The highest BCUT2D eigenvalue weighted by Gasteiger charge is 2.48. The Balaban J connectivity index is 1.47. The lowest BCUT2D eigenvalue weighted by molar-refractivity contribution is -0.150. The minimum Gasteiger partial charge on any atom is -0.468 e. The van der Waals surface area contributed by atoms with Gasteiger partial charge in [0.1, 0.15) is 11.6 Å². The van der Waals surface area contributed by atoms with Gasteiger partial charge in [-0.3, -0.25) is 9.36 Å². The Hall–Kier alpha value is -3.26. The zero-order valence-electron chi connectivity index (χ0n) is 22.8. The number of hydrogen-bond acceptors (Lipinski definition) is 4. The summed E-state index contributed by atoms with van der Waals surface area (Å²) < 4.78 is 34.9. The molecule has 6 nitrogen and oxygen atoms in total. The number of aromatic nitrogens is 1. The fraction of sp³-hybridized carbons (Fsp3) is 0.484. The molecule has 39 heavy (non-hydrogen) atoms. The second kappa shape index (κ2) is 10.7. The average Bonchev–Trinajstić information content (AvgIpc) is 3.19. The molecule has 1 amide bonds. The lowest BCUT2D eigenvalue weighted by Gasteiger charge is -2.44. The summed E-state index contributed by atoms with van der Waals surface area (Å²) in [7, 11) is 1.34. The van der Waals surface area contributed by atoms with Crippen molar-refractivity contribution in [2.75, 3.05) is 13.7 Å². The highest BCUT2D eigenvalue weighted by molar-refractivity contribution is 5.96. The van der Waals surface area contributed by atoms with Crippen molar-refractivity contribution in [1.29, 1.82) is 0 Å². The zero-order valence-corrected chi connectivity index (χ0v) is 22.8. The maximum Gasteiger partial charge on any atom is 0.329 e. The van der Waals surface area contributed by atoms with E-state index in [0.29, 0.717) is 29.8 Å². The van der Waals surface area contributed by atoms with Crippen LogP contribution in [0.1, 0.15) is 62.3 Å². The Bertz CT molecular complexity index is 1380. The predicted molar refractivity (Wildman–Crippen MR) is 145 cm³/mol. The van der Waals surface area contributed by atoms with E-state index in [1.165, 1.54) is 31.4 Å². The van der Waals surface area contributed by atoms with E-state index in [0.717, 1.165) is 48.7 Å². The number of nitrogens with zero attached hydrogens (tertiary/aromatic N) is 2. The Morgan fingerprint density at radius 1 is 1.05 bits per heavy atom. The van der Waals surface area contributed by atoms with Gasteiger partial charge in [0.05, 0.1) is 24.1 Å². The molecular formula is C31H36F2N2O4. The van der Waals surface area contributed by atoms with Crippen LogP contribution in [-0.4, -0.2) is 52.4 Å². The maximum atomic E-state index is 14.4. The Labute approximate surface area is 227 Å². The first kappa shape index (κ1) is 27.3. The third-order valence-electron chi connectivity index (χ3n) is 8.97. The summed E-state index contributed by atoms with van der Waals surface area (Å²) in [6.07, 6.45) is 4.56. The Kier molecular flexibility index (Phi) is 7.51. The van der Waals surface area contributed by atoms with Crippen molar-refractivity contribution < 1.29 is 28.2 Å². The zero-order chi connectivity index (χ0) is 27.9. The number of rotatable bonds is 4. The number of carbonyl (C=O) groups is 2. The van der Waals surface area contributed by atoms with E-state index in [1.54, 1.807) is 27.7 Å². The lowest BCUT2D eigenvalue weighted by Crippen LogP contribution is -2.54. The number of aliphatic hydroxyl groups is 1. The first-order chi connectivity index (χ1) is 18.6. The molecule has 2 fully saturated rings. The van der Waals surface area contributed by atoms with Crippen LogP contribution in [0.3, 0.4) is 0 Å². The number of esters is 1. The quantitative estimate of drug-likeness (QED) is 0.421. The van der Waals surface area contributed by atoms with Gasteiger partial charge < -0.3 is 14.7 Å². The molecule has 2 atom stereocenters. The number of likely N-dealkylation sites (tertiary alicyclic amines) is 1. The van der Waals surface area contributed by atoms with E-state index in [2.05, 4.69) is 0 Å². The SMILES string of the molecule is COC(=O)[C@@]1(c2ccc(F)cc2)CCN(C(=O)n2c(C)c(CC3CCC(O)CC3)c3ccc(F)cc32)[C@@H](C)C1. The second-order valence-corrected chi connectivity index (χ2v) is 11.3. The van der Waals surface area contributed by atoms with Crippen molar-refractivity contribution in [2.45, 2.75) is 76.4 Å². The average molecular weight is 539 g/mol. The van der Waals surface area contributed by atoms with Gasteiger partial charge in [0.25, 0.3) is 0 Å². The minimum absolute atomic E-state index is 0.244. The molecule has 208 valence electrons. The molecular weight excluding hydrogens is 502 g/mol. The number of fused-ring (bicyclic) bond motifs is 1. The minimum atomic E-state index is -0.991. The predicted octanol–water partition coefficient (Wildman–Crippen LogP) is 5.88. The molecule has 8 heteroatoms. The van der Waals surface area contributed by atoms with Gasteiger partial charge in [0, 0.05) is 23.7 Å². The number of methoxy groups -OCH3 is 1. The molecule has 1 aliphatic heterocycles. The molecule has 3 aromatic rings. The largest absolute Gasteiger partial charge is 0.468 e. The molecule has 2 aromatic carbocycles. The van der Waals surface area contributed by atoms with Gasteiger partial charge >= 0.3 is 12.0 Å². The van der Waals surface area contributed by atoms with Gasteiger partial charge in [0.2, 0.25) is 0 Å². The summed E-state index contributed by atoms with van der Waals surface area (Å²) in [5, 5.41) is 10.8. The molecule has 2 aliphatic rings. The first-order valence-corrected chi connectivity index (χ1v) is 13.8. The monoisotopic (exact) mass is 538 g/mol. The van der Waals surface area contributed by atoms with Crippen molar-refractivity contribution in [3.63, 3.8) is 0 Å². The van der Waals surface area contributed by atoms with E-state index in [1.807, 2.05) is 13.8 Å². The van der Waals surface area contributed by atoms with E-state index in [4.69, 9.17) is 4.74 Å². The molecule has 1 aliphatic carbocycles. The number of amides is 1. The van der Waals surface area contributed by atoms with Gasteiger partial charge in [-0.15, -0.1) is 0 Å². The maximum absolute atomic E-state index is 14.4. The number of hydrogen-bond donors (Lipinski definition) is 1. The summed E-state index contributed by atoms with van der Waals surface area (Å²) in [5.74, 6) is -0.801. The number of benzene rings is 2. The van der Waals surface area contributed by atoms with E-state index in [-0.39, 0.29) is 30.5 Å². The van der Waals surface area contributed by atoms with Gasteiger partial charge in [0.15, 0.2) is 0 Å². The molecule has 1 saturated carbocycles. The van der Waals surface area contributed by atoms with Crippen molar-refractivity contribution in [1.82, 2.24) is 9.47 Å². The molecule has 1 N–H and O–H groups in total. The summed E-state index contributed by atoms with van der Waals surface area (Å²) in [4.78, 5) is 28.9. The number of piperidine rings is 1. The summed E-state index contributed by atoms with van der Waals surface area (Å²) in [6.45, 7) is 4.10. The van der Waals surface area contributed by atoms with Crippen LogP contribution in [0.15, 0.2) is 42.5 Å². The van der Waals surface area contributed by atoms with Crippen LogP contribution in [-0.2, 0) is 21.4 Å². The van der Waals surface area contributed by atoms with Crippen molar-refractivity contribution >= 4 is 22.9 Å². The highest BCUT2D eigenvalue weighted by Crippen LogP contribution is 2.41. The van der Waals surface area contributed by atoms with Gasteiger partial charge in [-0.05, 0) is 106 Å². The fourth-order valence-corrected chi connectivity index (χ4v) is 6.79. The van der Waals surface area contributed by atoms with E-state index in [9.17, 15) is 23.5 Å². The van der Waals surface area contributed by atoms with E-state index >= 15 is 0 Å². The summed E-state index contributed by atoms with van der Waals surface area (Å²) in [5.41, 5.74) is 2.05. The molecule has 1 aromatic heterocycles. The fourth-order valence-electron chi connectivity index (χ4n) is 6.79. The number of carbonyl (C=O) groups excluding carboxylic acids is 2. The molecule has 0 radical (unpaired) electrons. The normalized spacial score (nSPS) is 25.6. The van der Waals surface area contributed by atoms with Crippen LogP contribution in [0.4, 0.5) is 13.6 Å². The van der Waals surface area contributed by atoms with Crippen LogP contribution in [0.2, 0.25) is 0 Å². The van der Waals surface area contributed by atoms with Crippen LogP contribution in [0.25, 0.3) is 10.9 Å². The van der Waals surface area contributed by atoms with Gasteiger partial charge in [-0.1, -0.05) is 12.1 Å². The molecule has 5 rings (SSSR count). The van der Waals surface area contributed by atoms with Gasteiger partial charge in [-0.2, -0.15) is 0 Å². The smallest absolute Gasteiger partial charge is 0.329 e. The Morgan fingerprint density at radius 3 is 2.36 bits per heavy atom. The standard InChI is InChI=1S/C31H36F2N2O4/c1-19-18-31(29(37)39-3,22-6-8-23(32)9-7-22)14-15-34(19)30(38)35-20(2)27(16-21-4-11-25(36)12-5-21)26-13-10-24(33)17-28(26)35/h6-10,13,17,19,21,25,36H,4-5,11-12,14-16,18H2,1-3H3/t19-,21?,25?,31-/m0/s1. The molecule has 0 bridgehead atoms. The summed E-state index contributed by atoms with van der Waals surface area (Å²) in [6, 6.07) is 9.91. The van der Waals surface area contributed by atoms with Crippen LogP contribution < -0.4 is 0 Å². The van der Waals surface area contributed by atoms with Crippen LogP contribution in [0, 0.1) is 24.5 Å². The van der Waals surface area contributed by atoms with Gasteiger partial charge in [-0.25, -0.2) is 13.6 Å². The number of aliphatic hydroxyl groups excluding tert-OH is 1. The molecule has 0 spiro atoms. The topological polar surface area (TPSA) is 71.8 Å². The summed E-state index contributed by atoms with van der Waals surface area (Å²) >= 11 is 0. The van der Waals surface area contributed by atoms with Crippen molar-refractivity contribution in [3.05, 3.63) is 70.9 Å². The number of ether oxygens (including phenoxy) is 1. The van der Waals surface area contributed by atoms with E-state index < -0.39 is 17.2 Å². The third-order valence-corrected chi connectivity index (χ3v) is 8.97. The second-order valence-electron chi connectivity index (χ2n) is 11.3. The number of halogens is 2.